The van der Waals surface area contributed by atoms with Crippen molar-refractivity contribution >= 4 is 39.8 Å². The van der Waals surface area contributed by atoms with Crippen molar-refractivity contribution in [2.75, 3.05) is 10.6 Å². The first-order valence-corrected chi connectivity index (χ1v) is 17.1. The number of hydrogen-bond acceptors (Lipinski definition) is 9. The SMILES string of the molecule is CC(C)(C)NC(=O)OC1(c2ccc(-c3c(-c4ccc(Nc5nc(O)cs5)cc4)nc4n3-c3cccnc3Nc3ccccc3-4)cc2)CCC1. The van der Waals surface area contributed by atoms with E-state index in [4.69, 9.17) is 14.7 Å². The van der Waals surface area contributed by atoms with E-state index < -0.39 is 17.2 Å². The number of para-hydroxylation sites is 1. The molecule has 1 saturated carbocycles. The van der Waals surface area contributed by atoms with Crippen LogP contribution in [0.1, 0.15) is 45.6 Å². The third-order valence-corrected chi connectivity index (χ3v) is 9.58. The van der Waals surface area contributed by atoms with E-state index in [-0.39, 0.29) is 5.88 Å². The van der Waals surface area contributed by atoms with Gasteiger partial charge in [0.2, 0.25) is 5.88 Å². The number of nitrogens with one attached hydrogen (secondary N) is 3. The van der Waals surface area contributed by atoms with Crippen LogP contribution in [-0.2, 0) is 10.3 Å². The van der Waals surface area contributed by atoms with Gasteiger partial charge in [-0.15, -0.1) is 11.3 Å². The number of amides is 1. The van der Waals surface area contributed by atoms with E-state index in [2.05, 4.69) is 61.9 Å². The molecule has 0 unspecified atom stereocenters. The lowest BCUT2D eigenvalue weighted by Crippen LogP contribution is -2.47. The molecule has 3 aromatic heterocycles. The van der Waals surface area contributed by atoms with Crippen LogP contribution in [-0.4, -0.2) is 36.3 Å². The minimum atomic E-state index is -0.651. The second-order valence-electron chi connectivity index (χ2n) is 13.4. The van der Waals surface area contributed by atoms with Crippen molar-refractivity contribution in [2.45, 2.75) is 51.2 Å². The number of rotatable bonds is 6. The van der Waals surface area contributed by atoms with Gasteiger partial charge in [0, 0.05) is 34.1 Å². The number of thiazole rings is 1. The minimum absolute atomic E-state index is 0.00760. The first-order valence-electron chi connectivity index (χ1n) is 16.2. The van der Waals surface area contributed by atoms with Gasteiger partial charge in [-0.25, -0.2) is 14.8 Å². The summed E-state index contributed by atoms with van der Waals surface area (Å²) in [5.41, 5.74) is 7.15. The van der Waals surface area contributed by atoms with Gasteiger partial charge in [-0.2, -0.15) is 4.98 Å². The fraction of sp³-hybridized carbons (Fsp3) is 0.211. The Morgan fingerprint density at radius 2 is 1.71 bits per heavy atom. The number of nitrogens with zero attached hydrogens (tertiary/aromatic N) is 4. The molecule has 11 heteroatoms. The van der Waals surface area contributed by atoms with Crippen LogP contribution in [0, 0.1) is 0 Å². The van der Waals surface area contributed by atoms with Gasteiger partial charge >= 0.3 is 6.09 Å². The molecule has 3 aromatic carbocycles. The van der Waals surface area contributed by atoms with Gasteiger partial charge in [0.1, 0.15) is 11.4 Å². The molecular weight excluding hydrogens is 635 g/mol. The van der Waals surface area contributed by atoms with Crippen LogP contribution in [0.15, 0.2) is 96.5 Å². The van der Waals surface area contributed by atoms with Gasteiger partial charge in [-0.3, -0.25) is 4.57 Å². The molecule has 1 aliphatic heterocycles. The molecule has 1 fully saturated rings. The monoisotopic (exact) mass is 669 g/mol. The molecule has 0 radical (unpaired) electrons. The van der Waals surface area contributed by atoms with E-state index in [1.165, 1.54) is 11.3 Å². The van der Waals surface area contributed by atoms with Crippen LogP contribution in [0.3, 0.4) is 0 Å². The highest BCUT2D eigenvalue weighted by molar-refractivity contribution is 7.13. The number of pyridine rings is 1. The van der Waals surface area contributed by atoms with Crippen molar-refractivity contribution in [1.82, 2.24) is 24.8 Å². The molecule has 1 amide bonds. The molecule has 6 aromatic rings. The highest BCUT2D eigenvalue weighted by atomic mass is 32.1. The maximum Gasteiger partial charge on any atom is 0.408 e. The summed E-state index contributed by atoms with van der Waals surface area (Å²) in [7, 11) is 0. The number of alkyl carbamates (subject to hydrolysis) is 1. The standard InChI is InChI=1S/C38H35N7O3S/c1-37(2,3)44-36(47)48-38(19-7-20-38)25-15-11-24(12-16-25)32-31(23-13-17-26(18-14-23)40-35-42-30(46)22-49-35)43-34-27-8-4-5-9-28(27)41-33-29(45(32)34)10-6-21-39-33/h4-6,8-18,21-22,46H,7,19-20H2,1-3H3,(H,39,41)(H,40,42)(H,44,47). The van der Waals surface area contributed by atoms with Gasteiger partial charge in [-0.05, 0) is 82.0 Å². The summed E-state index contributed by atoms with van der Waals surface area (Å²) in [5.74, 6) is 1.52. The van der Waals surface area contributed by atoms with Crippen LogP contribution in [0.25, 0.3) is 39.6 Å². The molecule has 2 aliphatic rings. The number of hydrogen-bond donors (Lipinski definition) is 4. The molecule has 4 N–H and O–H groups in total. The van der Waals surface area contributed by atoms with E-state index in [1.54, 1.807) is 11.6 Å². The Labute approximate surface area is 287 Å². The average Bonchev–Trinajstić information content (AvgIpc) is 3.63. The van der Waals surface area contributed by atoms with Crippen molar-refractivity contribution in [2.24, 2.45) is 0 Å². The predicted molar refractivity (Wildman–Crippen MR) is 193 cm³/mol. The highest BCUT2D eigenvalue weighted by Crippen LogP contribution is 2.47. The van der Waals surface area contributed by atoms with E-state index in [0.717, 1.165) is 81.6 Å². The lowest BCUT2D eigenvalue weighted by molar-refractivity contribution is -0.0549. The molecule has 0 atom stereocenters. The summed E-state index contributed by atoms with van der Waals surface area (Å²) < 4.78 is 8.28. The first-order chi connectivity index (χ1) is 23.7. The quantitative estimate of drug-likeness (QED) is 0.138. The summed E-state index contributed by atoms with van der Waals surface area (Å²) in [6, 6.07) is 28.5. The van der Waals surface area contributed by atoms with Crippen LogP contribution < -0.4 is 16.0 Å². The lowest BCUT2D eigenvalue weighted by Gasteiger charge is -2.42. The number of carbonyl (C=O) groups excluding carboxylic acids is 1. The average molecular weight is 670 g/mol. The fourth-order valence-electron chi connectivity index (χ4n) is 6.44. The van der Waals surface area contributed by atoms with Gasteiger partial charge in [0.25, 0.3) is 0 Å². The van der Waals surface area contributed by atoms with Crippen LogP contribution in [0.2, 0.25) is 0 Å². The second kappa shape index (κ2) is 11.8. The van der Waals surface area contributed by atoms with Crippen molar-refractivity contribution in [3.05, 3.63) is 102 Å². The van der Waals surface area contributed by atoms with Crippen molar-refractivity contribution in [3.63, 3.8) is 0 Å². The largest absolute Gasteiger partial charge is 0.493 e. The third-order valence-electron chi connectivity index (χ3n) is 8.84. The number of anilines is 4. The normalized spacial score (nSPS) is 14.3. The number of carbonyl (C=O) groups is 1. The number of aromatic hydroxyl groups is 1. The molecule has 246 valence electrons. The van der Waals surface area contributed by atoms with Crippen molar-refractivity contribution in [1.29, 1.82) is 0 Å². The van der Waals surface area contributed by atoms with E-state index >= 15 is 0 Å². The second-order valence-corrected chi connectivity index (χ2v) is 14.3. The van der Waals surface area contributed by atoms with Gasteiger partial charge in [-0.1, -0.05) is 48.5 Å². The lowest BCUT2D eigenvalue weighted by atomic mass is 9.74. The molecular formula is C38H35N7O3S. The summed E-state index contributed by atoms with van der Waals surface area (Å²) in [6.07, 6.45) is 3.93. The molecule has 8 rings (SSSR count). The first kappa shape index (κ1) is 30.6. The van der Waals surface area contributed by atoms with Gasteiger partial charge in [0.15, 0.2) is 10.9 Å². The van der Waals surface area contributed by atoms with Crippen LogP contribution in [0.4, 0.5) is 27.1 Å². The Morgan fingerprint density at radius 1 is 0.959 bits per heavy atom. The Bertz CT molecular complexity index is 2180. The maximum absolute atomic E-state index is 12.9. The number of ether oxygens (including phenoxy) is 1. The predicted octanol–water partition coefficient (Wildman–Crippen LogP) is 9.13. The van der Waals surface area contributed by atoms with E-state index in [0.29, 0.717) is 5.13 Å². The zero-order valence-electron chi connectivity index (χ0n) is 27.3. The topological polar surface area (TPSA) is 126 Å². The Hall–Kier alpha value is -5.68. The van der Waals surface area contributed by atoms with Crippen molar-refractivity contribution in [3.8, 4) is 45.5 Å². The zero-order valence-corrected chi connectivity index (χ0v) is 28.1. The smallest absolute Gasteiger partial charge is 0.408 e. The number of aromatic nitrogens is 4. The Kier molecular flexibility index (Phi) is 7.37. The molecule has 0 spiro atoms. The van der Waals surface area contributed by atoms with Gasteiger partial charge < -0.3 is 25.8 Å². The molecule has 49 heavy (non-hydrogen) atoms. The Balaban J connectivity index is 1.25. The zero-order chi connectivity index (χ0) is 33.8. The fourth-order valence-corrected chi connectivity index (χ4v) is 7.03. The maximum atomic E-state index is 12.9. The highest BCUT2D eigenvalue weighted by Gasteiger charge is 2.43. The molecule has 4 heterocycles. The molecule has 10 nitrogen and oxygen atoms in total. The molecule has 1 aliphatic carbocycles. The van der Waals surface area contributed by atoms with E-state index in [1.807, 2.05) is 69.3 Å². The Morgan fingerprint density at radius 3 is 2.41 bits per heavy atom. The summed E-state index contributed by atoms with van der Waals surface area (Å²) in [4.78, 5) is 27.0. The summed E-state index contributed by atoms with van der Waals surface area (Å²) in [5, 5.41) is 21.6. The molecule has 0 bridgehead atoms. The molecule has 0 saturated heterocycles. The number of benzene rings is 3. The number of fused-ring (bicyclic) bond motifs is 5. The van der Waals surface area contributed by atoms with E-state index in [9.17, 15) is 9.90 Å². The minimum Gasteiger partial charge on any atom is -0.493 e. The van der Waals surface area contributed by atoms with Crippen LogP contribution in [0.5, 0.6) is 5.88 Å². The number of imidazole rings is 1. The van der Waals surface area contributed by atoms with Crippen molar-refractivity contribution < 1.29 is 14.6 Å². The van der Waals surface area contributed by atoms with Gasteiger partial charge in [0.05, 0.1) is 28.1 Å². The third kappa shape index (κ3) is 5.76. The summed E-state index contributed by atoms with van der Waals surface area (Å²) in [6.45, 7) is 5.84. The van der Waals surface area contributed by atoms with Crippen LogP contribution >= 0.6 is 11.3 Å². The summed E-state index contributed by atoms with van der Waals surface area (Å²) >= 11 is 1.33.